The molecule has 6 heteroatoms. The lowest BCUT2D eigenvalue weighted by molar-refractivity contribution is -0.116. The van der Waals surface area contributed by atoms with Crippen LogP contribution < -0.4 is 16.0 Å². The largest absolute Gasteiger partial charge is 0.383 e. The van der Waals surface area contributed by atoms with Crippen molar-refractivity contribution in [3.63, 3.8) is 0 Å². The molecular formula is C13H18BrN3O2. The van der Waals surface area contributed by atoms with E-state index in [1.54, 1.807) is 7.11 Å². The van der Waals surface area contributed by atoms with Crippen molar-refractivity contribution in [3.05, 3.63) is 22.2 Å². The summed E-state index contributed by atoms with van der Waals surface area (Å²) in [7, 11) is 1.69. The second-order valence-corrected chi connectivity index (χ2v) is 5.28. The van der Waals surface area contributed by atoms with Crippen LogP contribution in [-0.2, 0) is 9.53 Å². The molecule has 1 amide bonds. The minimum absolute atomic E-state index is 0.154. The van der Waals surface area contributed by atoms with E-state index in [1.807, 2.05) is 12.1 Å². The van der Waals surface area contributed by atoms with Crippen molar-refractivity contribution in [1.29, 1.82) is 0 Å². The molecule has 1 atom stereocenters. The standard InChI is InChI=1S/C13H18BrN3O2/c1-3-17(4-5-19-2)11-7-10-8(6-9(11)14)12(15)13(18)16-10/h6-7,12H,3-5,15H2,1-2H3,(H,16,18). The van der Waals surface area contributed by atoms with Crippen molar-refractivity contribution in [2.45, 2.75) is 13.0 Å². The second kappa shape index (κ2) is 5.90. The average molecular weight is 328 g/mol. The highest BCUT2D eigenvalue weighted by molar-refractivity contribution is 9.10. The Kier molecular flexibility index (Phi) is 4.44. The van der Waals surface area contributed by atoms with Gasteiger partial charge in [-0.15, -0.1) is 0 Å². The average Bonchev–Trinajstić information content (AvgIpc) is 2.66. The van der Waals surface area contributed by atoms with Crippen molar-refractivity contribution in [3.8, 4) is 0 Å². The van der Waals surface area contributed by atoms with Crippen molar-refractivity contribution < 1.29 is 9.53 Å². The van der Waals surface area contributed by atoms with Crippen LogP contribution in [0.5, 0.6) is 0 Å². The molecule has 1 heterocycles. The Hall–Kier alpha value is -1.11. The molecular weight excluding hydrogens is 310 g/mol. The zero-order valence-corrected chi connectivity index (χ0v) is 12.7. The highest BCUT2D eigenvalue weighted by Crippen LogP contribution is 2.38. The summed E-state index contributed by atoms with van der Waals surface area (Å²) in [6, 6.07) is 3.31. The summed E-state index contributed by atoms with van der Waals surface area (Å²) in [5.41, 5.74) is 8.50. The van der Waals surface area contributed by atoms with E-state index in [0.29, 0.717) is 6.61 Å². The van der Waals surface area contributed by atoms with Crippen LogP contribution in [0.25, 0.3) is 0 Å². The Balaban J connectivity index is 2.32. The molecule has 1 aromatic rings. The summed E-state index contributed by atoms with van der Waals surface area (Å²) in [6.45, 7) is 4.40. The number of ether oxygens (including phenoxy) is 1. The number of halogens is 1. The fourth-order valence-corrected chi connectivity index (χ4v) is 2.80. The molecule has 0 aromatic heterocycles. The maximum absolute atomic E-state index is 11.6. The summed E-state index contributed by atoms with van der Waals surface area (Å²) >= 11 is 3.55. The fourth-order valence-electron chi connectivity index (χ4n) is 2.19. The third kappa shape index (κ3) is 2.75. The number of hydrogen-bond donors (Lipinski definition) is 2. The van der Waals surface area contributed by atoms with Gasteiger partial charge in [-0.3, -0.25) is 4.79 Å². The van der Waals surface area contributed by atoms with Crippen LogP contribution in [0.2, 0.25) is 0 Å². The van der Waals surface area contributed by atoms with Gasteiger partial charge in [-0.25, -0.2) is 0 Å². The fraction of sp³-hybridized carbons (Fsp3) is 0.462. The zero-order valence-electron chi connectivity index (χ0n) is 11.1. The van der Waals surface area contributed by atoms with E-state index in [-0.39, 0.29) is 5.91 Å². The second-order valence-electron chi connectivity index (χ2n) is 4.43. The number of fused-ring (bicyclic) bond motifs is 1. The van der Waals surface area contributed by atoms with Crippen molar-refractivity contribution in [1.82, 2.24) is 0 Å². The Morgan fingerprint density at radius 1 is 1.53 bits per heavy atom. The van der Waals surface area contributed by atoms with Crippen molar-refractivity contribution in [2.75, 3.05) is 37.0 Å². The summed E-state index contributed by atoms with van der Waals surface area (Å²) in [5.74, 6) is -0.154. The third-order valence-electron chi connectivity index (χ3n) is 3.28. The van der Waals surface area contributed by atoms with Gasteiger partial charge in [-0.05, 0) is 35.0 Å². The number of nitrogens with zero attached hydrogens (tertiary/aromatic N) is 1. The topological polar surface area (TPSA) is 67.6 Å². The number of carbonyl (C=O) groups excluding carboxylic acids is 1. The first kappa shape index (κ1) is 14.3. The van der Waals surface area contributed by atoms with E-state index in [1.165, 1.54) is 0 Å². The van der Waals surface area contributed by atoms with E-state index in [2.05, 4.69) is 33.1 Å². The van der Waals surface area contributed by atoms with Crippen LogP contribution >= 0.6 is 15.9 Å². The van der Waals surface area contributed by atoms with Gasteiger partial charge >= 0.3 is 0 Å². The number of nitrogens with two attached hydrogens (primary N) is 1. The van der Waals surface area contributed by atoms with E-state index in [0.717, 1.165) is 34.5 Å². The normalized spacial score (nSPS) is 17.3. The van der Waals surface area contributed by atoms with Crippen LogP contribution in [0, 0.1) is 0 Å². The van der Waals surface area contributed by atoms with E-state index >= 15 is 0 Å². The molecule has 0 radical (unpaired) electrons. The summed E-state index contributed by atoms with van der Waals surface area (Å²) in [5, 5.41) is 2.81. The van der Waals surface area contributed by atoms with Gasteiger partial charge in [0, 0.05) is 35.9 Å². The van der Waals surface area contributed by atoms with Crippen LogP contribution in [0.15, 0.2) is 16.6 Å². The molecule has 0 aliphatic carbocycles. The molecule has 0 fully saturated rings. The lowest BCUT2D eigenvalue weighted by atomic mass is 10.1. The van der Waals surface area contributed by atoms with Crippen LogP contribution in [0.4, 0.5) is 11.4 Å². The molecule has 1 aliphatic heterocycles. The Bertz CT molecular complexity index is 493. The summed E-state index contributed by atoms with van der Waals surface area (Å²) in [6.07, 6.45) is 0. The van der Waals surface area contributed by atoms with Crippen molar-refractivity contribution >= 4 is 33.2 Å². The van der Waals surface area contributed by atoms with Crippen LogP contribution in [-0.4, -0.2) is 32.7 Å². The SMILES string of the molecule is CCN(CCOC)c1cc2c(cc1Br)C(N)C(=O)N2. The smallest absolute Gasteiger partial charge is 0.245 e. The van der Waals surface area contributed by atoms with Gasteiger partial charge < -0.3 is 20.7 Å². The first-order chi connectivity index (χ1) is 9.08. The summed E-state index contributed by atoms with van der Waals surface area (Å²) < 4.78 is 6.06. The Morgan fingerprint density at radius 3 is 2.89 bits per heavy atom. The van der Waals surface area contributed by atoms with E-state index in [4.69, 9.17) is 10.5 Å². The number of nitrogens with one attached hydrogen (secondary N) is 1. The van der Waals surface area contributed by atoms with Crippen LogP contribution in [0.1, 0.15) is 18.5 Å². The van der Waals surface area contributed by atoms with Crippen LogP contribution in [0.3, 0.4) is 0 Å². The number of anilines is 2. The highest BCUT2D eigenvalue weighted by atomic mass is 79.9. The first-order valence-electron chi connectivity index (χ1n) is 6.22. The lowest BCUT2D eigenvalue weighted by Gasteiger charge is -2.24. The molecule has 1 aliphatic rings. The number of likely N-dealkylation sites (N-methyl/N-ethyl adjacent to an activating group) is 1. The quantitative estimate of drug-likeness (QED) is 0.866. The molecule has 5 nitrogen and oxygen atoms in total. The monoisotopic (exact) mass is 327 g/mol. The number of benzene rings is 1. The van der Waals surface area contributed by atoms with Gasteiger partial charge in [-0.2, -0.15) is 0 Å². The van der Waals surface area contributed by atoms with Gasteiger partial charge in [0.15, 0.2) is 0 Å². The highest BCUT2D eigenvalue weighted by Gasteiger charge is 2.28. The van der Waals surface area contributed by atoms with Gasteiger partial charge in [-0.1, -0.05) is 0 Å². The number of carbonyl (C=O) groups is 1. The van der Waals surface area contributed by atoms with E-state index in [9.17, 15) is 4.79 Å². The Labute approximate surface area is 121 Å². The first-order valence-corrected chi connectivity index (χ1v) is 7.01. The van der Waals surface area contributed by atoms with Gasteiger partial charge in [0.25, 0.3) is 0 Å². The minimum atomic E-state index is -0.575. The number of hydrogen-bond acceptors (Lipinski definition) is 4. The van der Waals surface area contributed by atoms with Gasteiger partial charge in [0.2, 0.25) is 5.91 Å². The molecule has 0 bridgehead atoms. The van der Waals surface area contributed by atoms with Crippen molar-refractivity contribution in [2.24, 2.45) is 5.73 Å². The summed E-state index contributed by atoms with van der Waals surface area (Å²) in [4.78, 5) is 13.8. The minimum Gasteiger partial charge on any atom is -0.383 e. The lowest BCUT2D eigenvalue weighted by Crippen LogP contribution is -2.27. The number of amides is 1. The predicted octanol–water partition coefficient (Wildman–Crippen LogP) is 1.87. The molecule has 0 saturated heterocycles. The molecule has 3 N–H and O–H groups in total. The molecule has 2 rings (SSSR count). The number of rotatable bonds is 5. The molecule has 1 aromatic carbocycles. The molecule has 104 valence electrons. The zero-order chi connectivity index (χ0) is 14.0. The number of methoxy groups -OCH3 is 1. The Morgan fingerprint density at radius 2 is 2.26 bits per heavy atom. The third-order valence-corrected chi connectivity index (χ3v) is 3.92. The predicted molar refractivity (Wildman–Crippen MR) is 79.5 cm³/mol. The molecule has 19 heavy (non-hydrogen) atoms. The molecule has 0 spiro atoms. The maximum atomic E-state index is 11.6. The van der Waals surface area contributed by atoms with E-state index < -0.39 is 6.04 Å². The molecule has 1 unspecified atom stereocenters. The molecule has 0 saturated carbocycles. The maximum Gasteiger partial charge on any atom is 0.245 e. The van der Waals surface area contributed by atoms with Gasteiger partial charge in [0.05, 0.1) is 12.3 Å². The van der Waals surface area contributed by atoms with Gasteiger partial charge in [0.1, 0.15) is 6.04 Å².